The van der Waals surface area contributed by atoms with Gasteiger partial charge in [0.1, 0.15) is 0 Å². The van der Waals surface area contributed by atoms with Crippen LogP contribution in [-0.4, -0.2) is 6.61 Å². The molecule has 1 unspecified atom stereocenters. The molecule has 0 saturated carbocycles. The van der Waals surface area contributed by atoms with Crippen molar-refractivity contribution in [3.8, 4) is 0 Å². The highest BCUT2D eigenvalue weighted by Crippen LogP contribution is 2.37. The Bertz CT molecular complexity index is 260. The second-order valence-electron chi connectivity index (χ2n) is 2.36. The summed E-state index contributed by atoms with van der Waals surface area (Å²) >= 11 is 8.65. The minimum absolute atomic E-state index is 0.181. The molecule has 0 aliphatic carbocycles. The van der Waals surface area contributed by atoms with Gasteiger partial charge in [-0.05, 0) is 45.7 Å². The topological polar surface area (TPSA) is 9.23 Å². The molecule has 0 aliphatic heterocycles. The quantitative estimate of drug-likeness (QED) is 0.805. The van der Waals surface area contributed by atoms with Crippen LogP contribution in [0.25, 0.3) is 0 Å². The number of hydrogen-bond donors (Lipinski definition) is 0. The Labute approximate surface area is 93.4 Å². The summed E-state index contributed by atoms with van der Waals surface area (Å²) in [6, 6.07) is 0. The highest BCUT2D eigenvalue weighted by atomic mass is 79.9. The number of rotatable bonds is 3. The lowest BCUT2D eigenvalue weighted by Gasteiger charge is -2.09. The van der Waals surface area contributed by atoms with Crippen LogP contribution in [0.4, 0.5) is 0 Å². The summed E-state index contributed by atoms with van der Waals surface area (Å²) in [6.45, 7) is 4.82. The molecular formula is C8H10Br2OS. The lowest BCUT2D eigenvalue weighted by Crippen LogP contribution is -1.97. The third-order valence-electron chi connectivity index (χ3n) is 1.50. The molecule has 0 N–H and O–H groups in total. The van der Waals surface area contributed by atoms with E-state index >= 15 is 0 Å². The molecule has 4 heteroatoms. The molecule has 1 atom stereocenters. The fourth-order valence-corrected chi connectivity index (χ4v) is 3.25. The van der Waals surface area contributed by atoms with Gasteiger partial charge in [-0.3, -0.25) is 0 Å². The summed E-state index contributed by atoms with van der Waals surface area (Å²) in [7, 11) is 0. The average molecular weight is 314 g/mol. The van der Waals surface area contributed by atoms with Crippen LogP contribution >= 0.6 is 43.2 Å². The third-order valence-corrected chi connectivity index (χ3v) is 5.22. The first-order valence-corrected chi connectivity index (χ1v) is 6.17. The Morgan fingerprint density at radius 3 is 2.67 bits per heavy atom. The van der Waals surface area contributed by atoms with Gasteiger partial charge in [-0.1, -0.05) is 0 Å². The van der Waals surface area contributed by atoms with E-state index in [1.54, 1.807) is 11.3 Å². The van der Waals surface area contributed by atoms with E-state index in [0.717, 1.165) is 15.6 Å². The number of ether oxygens (including phenoxy) is 1. The zero-order valence-electron chi connectivity index (χ0n) is 6.93. The first-order valence-electron chi connectivity index (χ1n) is 3.70. The van der Waals surface area contributed by atoms with Crippen molar-refractivity contribution in [3.63, 3.8) is 0 Å². The maximum Gasteiger partial charge on any atom is 0.0900 e. The van der Waals surface area contributed by atoms with Crippen molar-refractivity contribution in [1.82, 2.24) is 0 Å². The molecule has 0 fully saturated rings. The van der Waals surface area contributed by atoms with Gasteiger partial charge in [0.25, 0.3) is 0 Å². The van der Waals surface area contributed by atoms with Gasteiger partial charge in [0.05, 0.1) is 6.10 Å². The number of hydrogen-bond acceptors (Lipinski definition) is 2. The first-order chi connectivity index (χ1) is 5.66. The lowest BCUT2D eigenvalue weighted by molar-refractivity contribution is 0.0784. The molecule has 68 valence electrons. The van der Waals surface area contributed by atoms with Crippen LogP contribution in [0.5, 0.6) is 0 Å². The van der Waals surface area contributed by atoms with Gasteiger partial charge in [-0.15, -0.1) is 11.3 Å². The van der Waals surface area contributed by atoms with E-state index in [1.807, 2.05) is 6.92 Å². The Balaban J connectivity index is 2.80. The molecule has 1 nitrogen and oxygen atoms in total. The second-order valence-corrected chi connectivity index (χ2v) is 4.92. The van der Waals surface area contributed by atoms with Gasteiger partial charge in [0, 0.05) is 25.8 Å². The molecule has 0 amide bonds. The van der Waals surface area contributed by atoms with E-state index in [9.17, 15) is 0 Å². The predicted molar refractivity (Wildman–Crippen MR) is 59.8 cm³/mol. The molecule has 1 heterocycles. The van der Waals surface area contributed by atoms with Crippen LogP contribution in [0.15, 0.2) is 14.3 Å². The molecule has 1 aromatic heterocycles. The lowest BCUT2D eigenvalue weighted by atomic mass is 10.3. The summed E-state index contributed by atoms with van der Waals surface area (Å²) in [5.41, 5.74) is 0. The van der Waals surface area contributed by atoms with Crippen LogP contribution in [-0.2, 0) is 4.74 Å². The van der Waals surface area contributed by atoms with E-state index in [0.29, 0.717) is 0 Å². The van der Waals surface area contributed by atoms with Crippen molar-refractivity contribution in [2.45, 2.75) is 20.0 Å². The van der Waals surface area contributed by atoms with Crippen LogP contribution < -0.4 is 0 Å². The predicted octanol–water partition coefficient (Wildman–Crippen LogP) is 4.37. The van der Waals surface area contributed by atoms with Crippen LogP contribution in [0, 0.1) is 0 Å². The Morgan fingerprint density at radius 1 is 1.58 bits per heavy atom. The molecule has 0 spiro atoms. The largest absolute Gasteiger partial charge is 0.373 e. The standard InChI is InChI=1S/C8H10Br2OS/c1-3-11-5(2)8-7(10)6(9)4-12-8/h4-5H,3H2,1-2H3. The molecule has 0 aliphatic rings. The third kappa shape index (κ3) is 2.31. The average Bonchev–Trinajstić information content (AvgIpc) is 2.34. The fraction of sp³-hybridized carbons (Fsp3) is 0.500. The van der Waals surface area contributed by atoms with E-state index in [-0.39, 0.29) is 6.10 Å². The normalized spacial score (nSPS) is 13.3. The highest BCUT2D eigenvalue weighted by molar-refractivity contribution is 9.13. The second kappa shape index (κ2) is 4.74. The van der Waals surface area contributed by atoms with E-state index in [1.165, 1.54) is 4.88 Å². The molecule has 0 aromatic carbocycles. The van der Waals surface area contributed by atoms with Gasteiger partial charge < -0.3 is 4.74 Å². The maximum atomic E-state index is 5.48. The zero-order chi connectivity index (χ0) is 9.14. The Hall–Kier alpha value is 0.620. The van der Waals surface area contributed by atoms with Crippen molar-refractivity contribution < 1.29 is 4.74 Å². The summed E-state index contributed by atoms with van der Waals surface area (Å²) in [5.74, 6) is 0. The summed E-state index contributed by atoms with van der Waals surface area (Å²) in [4.78, 5) is 1.24. The monoisotopic (exact) mass is 312 g/mol. The van der Waals surface area contributed by atoms with Crippen molar-refractivity contribution in [2.75, 3.05) is 6.61 Å². The van der Waals surface area contributed by atoms with Gasteiger partial charge in [0.15, 0.2) is 0 Å². The summed E-state index contributed by atoms with van der Waals surface area (Å²) in [5, 5.41) is 2.06. The van der Waals surface area contributed by atoms with E-state index in [2.05, 4.69) is 44.2 Å². The molecule has 1 rings (SSSR count). The van der Waals surface area contributed by atoms with Crippen LogP contribution in [0.2, 0.25) is 0 Å². The Morgan fingerprint density at radius 2 is 2.25 bits per heavy atom. The molecule has 0 bridgehead atoms. The van der Waals surface area contributed by atoms with Gasteiger partial charge >= 0.3 is 0 Å². The van der Waals surface area contributed by atoms with Gasteiger partial charge in [0.2, 0.25) is 0 Å². The smallest absolute Gasteiger partial charge is 0.0900 e. The van der Waals surface area contributed by atoms with Crippen molar-refractivity contribution in [3.05, 3.63) is 19.2 Å². The number of thiophene rings is 1. The highest BCUT2D eigenvalue weighted by Gasteiger charge is 2.13. The minimum atomic E-state index is 0.181. The van der Waals surface area contributed by atoms with Gasteiger partial charge in [-0.25, -0.2) is 0 Å². The zero-order valence-corrected chi connectivity index (χ0v) is 10.9. The first kappa shape index (κ1) is 10.7. The van der Waals surface area contributed by atoms with Crippen molar-refractivity contribution in [2.24, 2.45) is 0 Å². The van der Waals surface area contributed by atoms with Crippen molar-refractivity contribution >= 4 is 43.2 Å². The maximum absolute atomic E-state index is 5.48. The fourth-order valence-electron chi connectivity index (χ4n) is 0.936. The Kier molecular flexibility index (Phi) is 4.23. The van der Waals surface area contributed by atoms with E-state index in [4.69, 9.17) is 4.74 Å². The molecular weight excluding hydrogens is 304 g/mol. The molecule has 12 heavy (non-hydrogen) atoms. The van der Waals surface area contributed by atoms with Gasteiger partial charge in [-0.2, -0.15) is 0 Å². The molecule has 0 radical (unpaired) electrons. The minimum Gasteiger partial charge on any atom is -0.373 e. The summed E-state index contributed by atoms with van der Waals surface area (Å²) < 4.78 is 7.71. The van der Waals surface area contributed by atoms with Crippen molar-refractivity contribution in [1.29, 1.82) is 0 Å². The number of halogens is 2. The molecule has 1 aromatic rings. The van der Waals surface area contributed by atoms with Crippen LogP contribution in [0.3, 0.4) is 0 Å². The van der Waals surface area contributed by atoms with Crippen LogP contribution in [0.1, 0.15) is 24.8 Å². The summed E-state index contributed by atoms with van der Waals surface area (Å²) in [6.07, 6.45) is 0.181. The van der Waals surface area contributed by atoms with E-state index < -0.39 is 0 Å². The molecule has 0 saturated heterocycles. The SMILES string of the molecule is CCOC(C)c1scc(Br)c1Br.